The van der Waals surface area contributed by atoms with E-state index in [0.29, 0.717) is 13.2 Å². The van der Waals surface area contributed by atoms with Crippen LogP contribution in [0.3, 0.4) is 0 Å². The molecule has 2 rings (SSSR count). The van der Waals surface area contributed by atoms with Gasteiger partial charge in [-0.3, -0.25) is 4.79 Å². The minimum absolute atomic E-state index is 0.0616. The van der Waals surface area contributed by atoms with Gasteiger partial charge in [-0.15, -0.1) is 0 Å². The van der Waals surface area contributed by atoms with Gasteiger partial charge in [-0.05, 0) is 18.9 Å². The highest BCUT2D eigenvalue weighted by Gasteiger charge is 2.23. The molecule has 0 spiro atoms. The van der Waals surface area contributed by atoms with E-state index < -0.39 is 0 Å². The standard InChI is InChI=1S/C12H18N2O3/c13-5-7-16-8-12(15)14-10-2-1-3-11-9(10)4-6-17-11/h4,6,10H,1-3,5,7-8,13H2,(H,14,15). The van der Waals surface area contributed by atoms with Gasteiger partial charge in [0.25, 0.3) is 0 Å². The SMILES string of the molecule is NCCOCC(=O)NC1CCCc2occc21. The summed E-state index contributed by atoms with van der Waals surface area (Å²) in [4.78, 5) is 11.6. The Hall–Kier alpha value is -1.33. The first-order chi connectivity index (χ1) is 8.31. The molecule has 1 unspecified atom stereocenters. The van der Waals surface area contributed by atoms with E-state index in [0.717, 1.165) is 30.6 Å². The highest BCUT2D eigenvalue weighted by molar-refractivity contribution is 5.77. The monoisotopic (exact) mass is 238 g/mol. The Morgan fingerprint density at radius 3 is 3.35 bits per heavy atom. The molecule has 5 nitrogen and oxygen atoms in total. The van der Waals surface area contributed by atoms with Crippen molar-refractivity contribution in [2.75, 3.05) is 19.8 Å². The molecule has 1 atom stereocenters. The van der Waals surface area contributed by atoms with Crippen molar-refractivity contribution in [2.24, 2.45) is 5.73 Å². The number of hydrogen-bond donors (Lipinski definition) is 2. The van der Waals surface area contributed by atoms with Gasteiger partial charge in [0.15, 0.2) is 0 Å². The van der Waals surface area contributed by atoms with E-state index >= 15 is 0 Å². The molecule has 0 saturated carbocycles. The normalized spacial score (nSPS) is 18.8. The first-order valence-corrected chi connectivity index (χ1v) is 5.94. The molecular weight excluding hydrogens is 220 g/mol. The summed E-state index contributed by atoms with van der Waals surface area (Å²) in [5.74, 6) is 0.891. The zero-order chi connectivity index (χ0) is 12.1. The van der Waals surface area contributed by atoms with Crippen molar-refractivity contribution in [3.8, 4) is 0 Å². The molecule has 0 aromatic carbocycles. The molecule has 1 aromatic heterocycles. The highest BCUT2D eigenvalue weighted by atomic mass is 16.5. The Labute approximate surface area is 100 Å². The number of furan rings is 1. The average Bonchev–Trinajstić information content (AvgIpc) is 2.78. The van der Waals surface area contributed by atoms with Gasteiger partial charge in [-0.1, -0.05) is 0 Å². The third kappa shape index (κ3) is 3.08. The second-order valence-corrected chi connectivity index (χ2v) is 4.15. The van der Waals surface area contributed by atoms with Crippen molar-refractivity contribution < 1.29 is 13.9 Å². The number of aryl methyl sites for hydroxylation is 1. The number of amides is 1. The lowest BCUT2D eigenvalue weighted by molar-refractivity contribution is -0.126. The van der Waals surface area contributed by atoms with Gasteiger partial charge in [0.2, 0.25) is 5.91 Å². The Kier molecular flexibility index (Phi) is 4.17. The largest absolute Gasteiger partial charge is 0.469 e. The molecule has 1 aliphatic carbocycles. The molecule has 1 heterocycles. The van der Waals surface area contributed by atoms with Crippen LogP contribution in [0.15, 0.2) is 16.7 Å². The lowest BCUT2D eigenvalue weighted by atomic mass is 9.93. The summed E-state index contributed by atoms with van der Waals surface area (Å²) in [7, 11) is 0. The lowest BCUT2D eigenvalue weighted by Gasteiger charge is -2.22. The van der Waals surface area contributed by atoms with E-state index in [4.69, 9.17) is 14.9 Å². The number of hydrogen-bond acceptors (Lipinski definition) is 4. The van der Waals surface area contributed by atoms with Crippen LogP contribution in [0.2, 0.25) is 0 Å². The number of nitrogens with one attached hydrogen (secondary N) is 1. The number of carbonyl (C=O) groups excluding carboxylic acids is 1. The fourth-order valence-corrected chi connectivity index (χ4v) is 2.12. The smallest absolute Gasteiger partial charge is 0.246 e. The summed E-state index contributed by atoms with van der Waals surface area (Å²) >= 11 is 0. The van der Waals surface area contributed by atoms with Crippen LogP contribution in [0.5, 0.6) is 0 Å². The molecule has 94 valence electrons. The third-order valence-electron chi connectivity index (χ3n) is 2.88. The van der Waals surface area contributed by atoms with Crippen molar-refractivity contribution in [3.63, 3.8) is 0 Å². The predicted octanol–water partition coefficient (Wildman–Crippen LogP) is 0.748. The molecule has 0 fully saturated rings. The van der Waals surface area contributed by atoms with E-state index in [1.54, 1.807) is 6.26 Å². The molecule has 1 aromatic rings. The number of ether oxygens (including phenoxy) is 1. The molecule has 0 aliphatic heterocycles. The quantitative estimate of drug-likeness (QED) is 0.742. The Morgan fingerprint density at radius 1 is 1.65 bits per heavy atom. The average molecular weight is 238 g/mol. The van der Waals surface area contributed by atoms with E-state index in [9.17, 15) is 4.79 Å². The Morgan fingerprint density at radius 2 is 2.53 bits per heavy atom. The van der Waals surface area contributed by atoms with Crippen LogP contribution in [-0.2, 0) is 16.0 Å². The van der Waals surface area contributed by atoms with Crippen LogP contribution < -0.4 is 11.1 Å². The summed E-state index contributed by atoms with van der Waals surface area (Å²) in [5.41, 5.74) is 6.38. The van der Waals surface area contributed by atoms with Crippen LogP contribution in [0.4, 0.5) is 0 Å². The maximum Gasteiger partial charge on any atom is 0.246 e. The van der Waals surface area contributed by atoms with Gasteiger partial charge in [-0.2, -0.15) is 0 Å². The number of carbonyl (C=O) groups is 1. The second kappa shape index (κ2) is 5.84. The van der Waals surface area contributed by atoms with Crippen molar-refractivity contribution in [1.82, 2.24) is 5.32 Å². The lowest BCUT2D eigenvalue weighted by Crippen LogP contribution is -2.33. The number of nitrogens with two attached hydrogens (primary N) is 1. The van der Waals surface area contributed by atoms with E-state index in [-0.39, 0.29) is 18.6 Å². The van der Waals surface area contributed by atoms with E-state index in [1.807, 2.05) is 6.07 Å². The van der Waals surface area contributed by atoms with E-state index in [1.165, 1.54) is 0 Å². The van der Waals surface area contributed by atoms with Crippen molar-refractivity contribution in [1.29, 1.82) is 0 Å². The first-order valence-electron chi connectivity index (χ1n) is 5.94. The summed E-state index contributed by atoms with van der Waals surface area (Å²) < 4.78 is 10.5. The fourth-order valence-electron chi connectivity index (χ4n) is 2.12. The zero-order valence-electron chi connectivity index (χ0n) is 9.78. The first kappa shape index (κ1) is 12.1. The highest BCUT2D eigenvalue weighted by Crippen LogP contribution is 2.30. The number of rotatable bonds is 5. The molecule has 0 bridgehead atoms. The van der Waals surface area contributed by atoms with Gasteiger partial charge in [-0.25, -0.2) is 0 Å². The number of fused-ring (bicyclic) bond motifs is 1. The topological polar surface area (TPSA) is 77.5 Å². The molecular formula is C12H18N2O3. The summed E-state index contributed by atoms with van der Waals surface area (Å²) in [6, 6.07) is 1.99. The minimum atomic E-state index is -0.0995. The van der Waals surface area contributed by atoms with Gasteiger partial charge >= 0.3 is 0 Å². The second-order valence-electron chi connectivity index (χ2n) is 4.15. The predicted molar refractivity (Wildman–Crippen MR) is 62.4 cm³/mol. The van der Waals surface area contributed by atoms with Gasteiger partial charge in [0.1, 0.15) is 12.4 Å². The third-order valence-corrected chi connectivity index (χ3v) is 2.88. The van der Waals surface area contributed by atoms with Crippen LogP contribution in [0.1, 0.15) is 30.2 Å². The van der Waals surface area contributed by atoms with Gasteiger partial charge in [0, 0.05) is 18.5 Å². The van der Waals surface area contributed by atoms with E-state index in [2.05, 4.69) is 5.32 Å². The summed E-state index contributed by atoms with van der Waals surface area (Å²) in [6.45, 7) is 0.915. The Balaban J connectivity index is 1.86. The molecule has 0 radical (unpaired) electrons. The van der Waals surface area contributed by atoms with Crippen molar-refractivity contribution >= 4 is 5.91 Å². The summed E-state index contributed by atoms with van der Waals surface area (Å²) in [6.07, 6.45) is 4.63. The Bertz CT molecular complexity index is 376. The van der Waals surface area contributed by atoms with Crippen LogP contribution >= 0.6 is 0 Å². The molecule has 1 aliphatic rings. The van der Waals surface area contributed by atoms with Gasteiger partial charge < -0.3 is 20.2 Å². The van der Waals surface area contributed by atoms with Crippen LogP contribution in [-0.4, -0.2) is 25.7 Å². The minimum Gasteiger partial charge on any atom is -0.469 e. The van der Waals surface area contributed by atoms with Gasteiger partial charge in [0.05, 0.1) is 18.9 Å². The van der Waals surface area contributed by atoms with Crippen LogP contribution in [0.25, 0.3) is 0 Å². The van der Waals surface area contributed by atoms with Crippen molar-refractivity contribution in [2.45, 2.75) is 25.3 Å². The fraction of sp³-hybridized carbons (Fsp3) is 0.583. The zero-order valence-corrected chi connectivity index (χ0v) is 9.78. The molecule has 5 heteroatoms. The molecule has 1 amide bonds. The maximum atomic E-state index is 11.6. The molecule has 17 heavy (non-hydrogen) atoms. The molecule has 3 N–H and O–H groups in total. The summed E-state index contributed by atoms with van der Waals surface area (Å²) in [5, 5.41) is 2.96. The molecule has 0 saturated heterocycles. The maximum absolute atomic E-state index is 11.6. The van der Waals surface area contributed by atoms with Crippen molar-refractivity contribution in [3.05, 3.63) is 23.7 Å². The van der Waals surface area contributed by atoms with Crippen LogP contribution in [0, 0.1) is 0 Å².